The first-order valence-electron chi connectivity index (χ1n) is 7.42. The van der Waals surface area contributed by atoms with Gasteiger partial charge in [-0.25, -0.2) is 0 Å². The zero-order valence-electron chi connectivity index (χ0n) is 12.1. The molecule has 1 nitrogen and oxygen atoms in total. The van der Waals surface area contributed by atoms with E-state index in [1.165, 1.54) is 42.4 Å². The Kier molecular flexibility index (Phi) is 3.29. The van der Waals surface area contributed by atoms with Gasteiger partial charge in [-0.15, -0.1) is 11.6 Å². The Bertz CT molecular complexity index is 488. The van der Waals surface area contributed by atoms with E-state index >= 15 is 0 Å². The summed E-state index contributed by atoms with van der Waals surface area (Å²) in [6.07, 6.45) is 6.46. The van der Waals surface area contributed by atoms with E-state index in [9.17, 15) is 0 Å². The normalized spacial score (nSPS) is 28.4. The van der Waals surface area contributed by atoms with Crippen LogP contribution >= 0.6 is 11.6 Å². The second-order valence-corrected chi connectivity index (χ2v) is 6.93. The monoisotopic (exact) mass is 278 g/mol. The molecule has 1 aromatic rings. The number of benzene rings is 1. The van der Waals surface area contributed by atoms with Crippen molar-refractivity contribution in [3.05, 3.63) is 28.8 Å². The van der Waals surface area contributed by atoms with Crippen molar-refractivity contribution < 1.29 is 4.74 Å². The molecule has 2 atom stereocenters. The van der Waals surface area contributed by atoms with Gasteiger partial charge in [0.05, 0.1) is 0 Å². The summed E-state index contributed by atoms with van der Waals surface area (Å²) in [4.78, 5) is 0. The average Bonchev–Trinajstić information content (AvgIpc) is 2.90. The van der Waals surface area contributed by atoms with E-state index in [0.29, 0.717) is 11.5 Å². The van der Waals surface area contributed by atoms with Crippen molar-refractivity contribution >= 4 is 11.6 Å². The van der Waals surface area contributed by atoms with E-state index < -0.39 is 0 Å². The third-order valence-electron chi connectivity index (χ3n) is 5.35. The Morgan fingerprint density at radius 1 is 1.11 bits per heavy atom. The smallest absolute Gasteiger partial charge is 0.125 e. The van der Waals surface area contributed by atoms with Crippen molar-refractivity contribution in [1.29, 1.82) is 0 Å². The van der Waals surface area contributed by atoms with Crippen LogP contribution in [0.25, 0.3) is 0 Å². The lowest BCUT2D eigenvalue weighted by atomic mass is 9.64. The highest BCUT2D eigenvalue weighted by Gasteiger charge is 2.57. The number of alkyl halides is 1. The van der Waals surface area contributed by atoms with E-state index in [-0.39, 0.29) is 5.41 Å². The summed E-state index contributed by atoms with van der Waals surface area (Å²) in [5.74, 6) is 1.10. The first-order valence-corrected chi connectivity index (χ1v) is 7.86. The number of ether oxygens (including phenoxy) is 1. The summed E-state index contributed by atoms with van der Waals surface area (Å²) < 4.78 is 6.42. The molecule has 0 amide bonds. The molecule has 3 rings (SSSR count). The fraction of sp³-hybridized carbons (Fsp3) is 0.647. The predicted octanol–water partition coefficient (Wildman–Crippen LogP) is 4.93. The predicted molar refractivity (Wildman–Crippen MR) is 80.2 cm³/mol. The summed E-state index contributed by atoms with van der Waals surface area (Å²) in [5.41, 5.74) is 4.10. The molecule has 104 valence electrons. The molecule has 0 bridgehead atoms. The molecule has 19 heavy (non-hydrogen) atoms. The molecule has 2 aliphatic carbocycles. The molecular formula is C17H23ClO. The molecule has 0 aliphatic heterocycles. The summed E-state index contributed by atoms with van der Waals surface area (Å²) in [6, 6.07) is 4.34. The first kappa shape index (κ1) is 13.3. The molecule has 0 radical (unpaired) electrons. The molecule has 2 fully saturated rings. The Morgan fingerprint density at radius 2 is 1.74 bits per heavy atom. The minimum atomic E-state index is 0.268. The molecular weight excluding hydrogens is 256 g/mol. The van der Waals surface area contributed by atoms with Gasteiger partial charge in [-0.1, -0.05) is 25.0 Å². The lowest BCUT2D eigenvalue weighted by molar-refractivity contribution is -0.0363. The summed E-state index contributed by atoms with van der Waals surface area (Å²) in [7, 11) is 0. The zero-order chi connectivity index (χ0) is 13.6. The van der Waals surface area contributed by atoms with Gasteiger partial charge in [0.2, 0.25) is 0 Å². The van der Waals surface area contributed by atoms with Crippen molar-refractivity contribution in [2.24, 2.45) is 5.41 Å². The SMILES string of the molecule is Cc1ccc(C)c(OC2CC(Cl)C23CCCC3)c1C. The maximum atomic E-state index is 6.50. The number of hydrogen-bond donors (Lipinski definition) is 0. The third kappa shape index (κ3) is 1.98. The second-order valence-electron chi connectivity index (χ2n) is 6.40. The van der Waals surface area contributed by atoms with Gasteiger partial charge in [0.1, 0.15) is 11.9 Å². The van der Waals surface area contributed by atoms with Gasteiger partial charge in [-0.2, -0.15) is 0 Å². The first-order chi connectivity index (χ1) is 9.04. The van der Waals surface area contributed by atoms with Crippen LogP contribution in [0.15, 0.2) is 12.1 Å². The molecule has 1 aromatic carbocycles. The minimum Gasteiger partial charge on any atom is -0.489 e. The van der Waals surface area contributed by atoms with Gasteiger partial charge < -0.3 is 4.74 Å². The van der Waals surface area contributed by atoms with Crippen molar-refractivity contribution in [2.45, 2.75) is 64.4 Å². The lowest BCUT2D eigenvalue weighted by Gasteiger charge is -2.51. The van der Waals surface area contributed by atoms with E-state index in [1.54, 1.807) is 0 Å². The van der Waals surface area contributed by atoms with E-state index in [4.69, 9.17) is 16.3 Å². The number of halogens is 1. The van der Waals surface area contributed by atoms with E-state index in [1.807, 2.05) is 0 Å². The molecule has 2 aliphatic rings. The highest BCUT2D eigenvalue weighted by Crippen LogP contribution is 2.57. The lowest BCUT2D eigenvalue weighted by Crippen LogP contribution is -2.55. The van der Waals surface area contributed by atoms with E-state index in [2.05, 4.69) is 32.9 Å². The van der Waals surface area contributed by atoms with Gasteiger partial charge in [-0.05, 0) is 50.3 Å². The van der Waals surface area contributed by atoms with Crippen LogP contribution < -0.4 is 4.74 Å². The zero-order valence-corrected chi connectivity index (χ0v) is 12.9. The summed E-state index contributed by atoms with van der Waals surface area (Å²) in [5, 5.41) is 0.324. The second kappa shape index (κ2) is 4.70. The summed E-state index contributed by atoms with van der Waals surface area (Å²) in [6.45, 7) is 6.45. The van der Waals surface area contributed by atoms with Crippen LogP contribution in [0.5, 0.6) is 5.75 Å². The van der Waals surface area contributed by atoms with Crippen LogP contribution in [-0.2, 0) is 0 Å². The number of hydrogen-bond acceptors (Lipinski definition) is 1. The molecule has 1 spiro atoms. The standard InChI is InChI=1S/C17H23ClO/c1-11-6-7-12(2)16(13(11)3)19-15-10-14(18)17(15)8-4-5-9-17/h6-7,14-15H,4-5,8-10H2,1-3H3. The highest BCUT2D eigenvalue weighted by molar-refractivity contribution is 6.21. The van der Waals surface area contributed by atoms with Gasteiger partial charge in [0.15, 0.2) is 0 Å². The van der Waals surface area contributed by atoms with Crippen LogP contribution in [0.2, 0.25) is 0 Å². The van der Waals surface area contributed by atoms with Gasteiger partial charge >= 0.3 is 0 Å². The molecule has 0 saturated heterocycles. The Balaban J connectivity index is 1.85. The van der Waals surface area contributed by atoms with Gasteiger partial charge in [0, 0.05) is 17.2 Å². The Labute approximate surface area is 121 Å². The molecule has 0 heterocycles. The highest BCUT2D eigenvalue weighted by atomic mass is 35.5. The Morgan fingerprint density at radius 3 is 2.37 bits per heavy atom. The Hall–Kier alpha value is -0.690. The van der Waals surface area contributed by atoms with Crippen LogP contribution in [0.3, 0.4) is 0 Å². The van der Waals surface area contributed by atoms with Crippen LogP contribution in [0.4, 0.5) is 0 Å². The van der Waals surface area contributed by atoms with Crippen molar-refractivity contribution in [2.75, 3.05) is 0 Å². The number of rotatable bonds is 2. The maximum Gasteiger partial charge on any atom is 0.125 e. The van der Waals surface area contributed by atoms with Crippen LogP contribution in [-0.4, -0.2) is 11.5 Å². The largest absolute Gasteiger partial charge is 0.489 e. The molecule has 2 heteroatoms. The maximum absolute atomic E-state index is 6.50. The molecule has 2 saturated carbocycles. The van der Waals surface area contributed by atoms with Gasteiger partial charge in [0.25, 0.3) is 0 Å². The minimum absolute atomic E-state index is 0.268. The summed E-state index contributed by atoms with van der Waals surface area (Å²) >= 11 is 6.50. The van der Waals surface area contributed by atoms with Crippen LogP contribution in [0, 0.1) is 26.2 Å². The van der Waals surface area contributed by atoms with Crippen molar-refractivity contribution in [3.8, 4) is 5.75 Å². The fourth-order valence-corrected chi connectivity index (χ4v) is 4.30. The molecule has 0 aromatic heterocycles. The van der Waals surface area contributed by atoms with Crippen molar-refractivity contribution in [3.63, 3.8) is 0 Å². The molecule has 0 N–H and O–H groups in total. The third-order valence-corrected chi connectivity index (χ3v) is 5.97. The topological polar surface area (TPSA) is 9.23 Å². The quantitative estimate of drug-likeness (QED) is 0.697. The van der Waals surface area contributed by atoms with Crippen molar-refractivity contribution in [1.82, 2.24) is 0 Å². The fourth-order valence-electron chi connectivity index (χ4n) is 3.78. The average molecular weight is 279 g/mol. The number of aryl methyl sites for hydroxylation is 2. The molecule has 2 unspecified atom stereocenters. The van der Waals surface area contributed by atoms with Gasteiger partial charge in [-0.3, -0.25) is 0 Å². The van der Waals surface area contributed by atoms with Crippen LogP contribution in [0.1, 0.15) is 48.8 Å². The van der Waals surface area contributed by atoms with E-state index in [0.717, 1.165) is 12.2 Å².